The fraction of sp³-hybridized carbons (Fsp3) is 0.0667. The van der Waals surface area contributed by atoms with Crippen LogP contribution in [0.15, 0.2) is 212 Å². The number of benzene rings is 9. The lowest BCUT2D eigenvalue weighted by Gasteiger charge is -2.43. The van der Waals surface area contributed by atoms with Crippen molar-refractivity contribution in [2.24, 2.45) is 0 Å². The van der Waals surface area contributed by atoms with Crippen LogP contribution in [0.4, 0.5) is 51.2 Å². The van der Waals surface area contributed by atoms with Crippen molar-refractivity contribution in [1.82, 2.24) is 0 Å². The molecular formula is C60H44BN3S2. The minimum absolute atomic E-state index is 0.00494. The van der Waals surface area contributed by atoms with Gasteiger partial charge in [0.15, 0.2) is 0 Å². The van der Waals surface area contributed by atoms with Gasteiger partial charge in [-0.05, 0) is 118 Å². The molecule has 2 aliphatic heterocycles. The molecule has 0 N–H and O–H groups in total. The maximum absolute atomic E-state index is 2.65. The van der Waals surface area contributed by atoms with E-state index in [4.69, 9.17) is 0 Å². The molecule has 4 heterocycles. The zero-order valence-electron chi connectivity index (χ0n) is 36.9. The molecular weight excluding hydrogens is 838 g/mol. The van der Waals surface area contributed by atoms with E-state index < -0.39 is 0 Å². The van der Waals surface area contributed by atoms with E-state index in [1.807, 2.05) is 22.7 Å². The zero-order chi connectivity index (χ0) is 44.1. The highest BCUT2D eigenvalue weighted by Gasteiger charge is 2.46. The van der Waals surface area contributed by atoms with Gasteiger partial charge in [0.25, 0.3) is 6.71 Å². The average molecular weight is 882 g/mol. The van der Waals surface area contributed by atoms with Gasteiger partial charge in [-0.2, -0.15) is 0 Å². The number of rotatable bonds is 6. The topological polar surface area (TPSA) is 9.72 Å². The van der Waals surface area contributed by atoms with Crippen molar-refractivity contribution in [3.05, 3.63) is 218 Å². The Hall–Kier alpha value is -7.38. The second kappa shape index (κ2) is 15.1. The Morgan fingerprint density at radius 1 is 0.470 bits per heavy atom. The largest absolute Gasteiger partial charge is 0.311 e. The zero-order valence-corrected chi connectivity index (χ0v) is 38.6. The number of nitrogens with zero attached hydrogens (tertiary/aromatic N) is 3. The molecule has 0 bridgehead atoms. The summed E-state index contributed by atoms with van der Waals surface area (Å²) in [4.78, 5) is 7.55. The van der Waals surface area contributed by atoms with Crippen LogP contribution in [-0.2, 0) is 5.41 Å². The smallest absolute Gasteiger partial charge is 0.264 e. The van der Waals surface area contributed by atoms with Gasteiger partial charge in [-0.3, -0.25) is 0 Å². The third kappa shape index (κ3) is 6.02. The van der Waals surface area contributed by atoms with E-state index in [-0.39, 0.29) is 12.1 Å². The van der Waals surface area contributed by atoms with Crippen molar-refractivity contribution < 1.29 is 0 Å². The molecule has 66 heavy (non-hydrogen) atoms. The van der Waals surface area contributed by atoms with Crippen LogP contribution in [0.2, 0.25) is 0 Å². The van der Waals surface area contributed by atoms with Gasteiger partial charge < -0.3 is 14.7 Å². The third-order valence-electron chi connectivity index (χ3n) is 13.6. The monoisotopic (exact) mass is 881 g/mol. The molecule has 0 fully saturated rings. The quantitative estimate of drug-likeness (QED) is 0.154. The van der Waals surface area contributed by atoms with Gasteiger partial charge in [-0.25, -0.2) is 0 Å². The molecule has 3 nitrogen and oxygen atoms in total. The Balaban J connectivity index is 1.12. The molecule has 2 aliphatic rings. The average Bonchev–Trinajstić information content (AvgIpc) is 3.94. The molecule has 11 aromatic rings. The predicted octanol–water partition coefficient (Wildman–Crippen LogP) is 15.8. The number of thiophene rings is 2. The molecule has 13 rings (SSSR count). The molecule has 0 saturated heterocycles. The summed E-state index contributed by atoms with van der Waals surface area (Å²) in [5.74, 6) is 0. The highest BCUT2D eigenvalue weighted by molar-refractivity contribution is 7.33. The molecule has 0 unspecified atom stereocenters. The number of para-hydroxylation sites is 3. The number of anilines is 9. The van der Waals surface area contributed by atoms with E-state index in [1.165, 1.54) is 91.1 Å². The van der Waals surface area contributed by atoms with E-state index >= 15 is 0 Å². The first kappa shape index (κ1) is 39.0. The Morgan fingerprint density at radius 2 is 1.11 bits per heavy atom. The Morgan fingerprint density at radius 3 is 1.82 bits per heavy atom. The van der Waals surface area contributed by atoms with Crippen molar-refractivity contribution >= 4 is 127 Å². The molecule has 0 amide bonds. The van der Waals surface area contributed by atoms with Crippen molar-refractivity contribution in [2.75, 3.05) is 14.7 Å². The summed E-state index contributed by atoms with van der Waals surface area (Å²) in [6, 6.07) is 78.5. The van der Waals surface area contributed by atoms with Crippen molar-refractivity contribution in [1.29, 1.82) is 0 Å². The highest BCUT2D eigenvalue weighted by Crippen LogP contribution is 2.53. The fourth-order valence-electron chi connectivity index (χ4n) is 10.6. The minimum Gasteiger partial charge on any atom is -0.311 e. The highest BCUT2D eigenvalue weighted by atomic mass is 32.1. The second-order valence-electron chi connectivity index (χ2n) is 18.5. The molecule has 6 heteroatoms. The summed E-state index contributed by atoms with van der Waals surface area (Å²) in [5.41, 5.74) is 17.1. The minimum atomic E-state index is -0.0168. The van der Waals surface area contributed by atoms with Crippen LogP contribution in [-0.4, -0.2) is 6.71 Å². The van der Waals surface area contributed by atoms with E-state index in [2.05, 4.69) is 248 Å². The number of fused-ring (bicyclic) bond motifs is 9. The van der Waals surface area contributed by atoms with E-state index in [1.54, 1.807) is 0 Å². The van der Waals surface area contributed by atoms with Crippen LogP contribution in [0.5, 0.6) is 0 Å². The first-order chi connectivity index (χ1) is 32.4. The Kier molecular flexibility index (Phi) is 8.93. The van der Waals surface area contributed by atoms with E-state index in [0.29, 0.717) is 0 Å². The third-order valence-corrected chi connectivity index (χ3v) is 16.0. The van der Waals surface area contributed by atoms with Gasteiger partial charge in [0, 0.05) is 70.1 Å². The summed E-state index contributed by atoms with van der Waals surface area (Å²) in [6.45, 7) is 7.00. The molecule has 9 aromatic carbocycles. The molecule has 0 spiro atoms. The maximum atomic E-state index is 2.65. The van der Waals surface area contributed by atoms with Gasteiger partial charge in [0.05, 0.1) is 16.1 Å². The molecule has 0 atom stereocenters. The van der Waals surface area contributed by atoms with Crippen molar-refractivity contribution in [2.45, 2.75) is 26.2 Å². The summed E-state index contributed by atoms with van der Waals surface area (Å²) >= 11 is 3.88. The first-order valence-corrected chi connectivity index (χ1v) is 24.4. The van der Waals surface area contributed by atoms with Gasteiger partial charge >= 0.3 is 0 Å². The van der Waals surface area contributed by atoms with Crippen LogP contribution < -0.4 is 30.4 Å². The first-order valence-electron chi connectivity index (χ1n) is 22.8. The molecule has 0 radical (unpaired) electrons. The summed E-state index contributed by atoms with van der Waals surface area (Å²) in [7, 11) is 0. The predicted molar refractivity (Wildman–Crippen MR) is 288 cm³/mol. The number of hydrogen-bond donors (Lipinski definition) is 0. The lowest BCUT2D eigenvalue weighted by atomic mass is 9.36. The second-order valence-corrected chi connectivity index (χ2v) is 20.6. The summed E-state index contributed by atoms with van der Waals surface area (Å²) in [5, 5.41) is 3.92. The maximum Gasteiger partial charge on any atom is 0.264 e. The fourth-order valence-corrected chi connectivity index (χ4v) is 13.1. The van der Waals surface area contributed by atoms with E-state index in [0.717, 1.165) is 22.7 Å². The standard InChI is InChI=1S/C60H44BN3S2/c1-60(2,3)40-31-36-54-47(37-40)57-59(66-54)61-48-34-32-44(62(41-21-10-5-11-22-41)42-23-12-6-13-24-42)38-52(48)63(43-25-14-7-15-26-43)49-28-18-29-50(56(49)61)64(57)51-35-33-45(39-19-8-4-9-20-39)55-46-27-16-17-30-53(46)65-58(51)55/h4-38H,1-3H3. The van der Waals surface area contributed by atoms with Crippen LogP contribution >= 0.6 is 22.7 Å². The van der Waals surface area contributed by atoms with Crippen molar-refractivity contribution in [3.63, 3.8) is 0 Å². The Bertz CT molecular complexity index is 3610. The van der Waals surface area contributed by atoms with Gasteiger partial charge in [0.2, 0.25) is 0 Å². The van der Waals surface area contributed by atoms with Crippen LogP contribution in [0.25, 0.3) is 41.4 Å². The normalized spacial score (nSPS) is 13.0. The van der Waals surface area contributed by atoms with Gasteiger partial charge in [0.1, 0.15) is 0 Å². The van der Waals surface area contributed by atoms with Crippen LogP contribution in [0.3, 0.4) is 0 Å². The van der Waals surface area contributed by atoms with Gasteiger partial charge in [-0.15, -0.1) is 22.7 Å². The summed E-state index contributed by atoms with van der Waals surface area (Å²) in [6.07, 6.45) is 0. The Labute approximate surface area is 394 Å². The number of hydrogen-bond acceptors (Lipinski definition) is 5. The lowest BCUT2D eigenvalue weighted by Crippen LogP contribution is -2.60. The summed E-state index contributed by atoms with van der Waals surface area (Å²) < 4.78 is 5.28. The van der Waals surface area contributed by atoms with Crippen LogP contribution in [0, 0.1) is 0 Å². The lowest BCUT2D eigenvalue weighted by molar-refractivity contribution is 0.591. The SMILES string of the molecule is CC(C)(C)c1ccc2sc3c(c2c1)N(c1ccc(-c2ccccc2)c2c1sc1ccccc12)c1cccc2c1B3c1ccc(N(c3ccccc3)c3ccccc3)cc1N2c1ccccc1. The molecule has 0 aliphatic carbocycles. The van der Waals surface area contributed by atoms with E-state index in [9.17, 15) is 0 Å². The van der Waals surface area contributed by atoms with Crippen molar-refractivity contribution in [3.8, 4) is 11.1 Å². The molecule has 314 valence electrons. The van der Waals surface area contributed by atoms with Crippen LogP contribution in [0.1, 0.15) is 26.3 Å². The molecule has 2 aromatic heterocycles. The molecule has 0 saturated carbocycles. The van der Waals surface area contributed by atoms with Gasteiger partial charge in [-0.1, -0.05) is 148 Å².